The summed E-state index contributed by atoms with van der Waals surface area (Å²) < 4.78 is 0. The smallest absolute Gasteiger partial charge is 0.254 e. The first-order valence-electron chi connectivity index (χ1n) is 8.92. The molecule has 0 radical (unpaired) electrons. The molecule has 1 aromatic rings. The predicted octanol–water partition coefficient (Wildman–Crippen LogP) is 1.54. The molecule has 0 saturated carbocycles. The second kappa shape index (κ2) is 7.04. The fourth-order valence-corrected chi connectivity index (χ4v) is 4.04. The molecule has 2 fully saturated rings. The molecule has 2 N–H and O–H groups in total. The minimum absolute atomic E-state index is 0.0107. The SMILES string of the molecule is Cc1c(O)cccc1C(=O)N1CCC2(CCC(=O)N(CCO)C2)CC1. The highest BCUT2D eigenvalue weighted by atomic mass is 16.3. The van der Waals surface area contributed by atoms with Gasteiger partial charge in [0.15, 0.2) is 0 Å². The molecule has 2 aliphatic rings. The standard InChI is InChI=1S/C19H26N2O4/c1-14-15(3-2-4-16(14)23)18(25)20-9-7-19(8-10-20)6-5-17(24)21(13-19)11-12-22/h2-4,22-23H,5-13H2,1H3. The van der Waals surface area contributed by atoms with E-state index in [1.54, 1.807) is 30.0 Å². The van der Waals surface area contributed by atoms with Crippen LogP contribution in [0.4, 0.5) is 0 Å². The lowest BCUT2D eigenvalue weighted by Crippen LogP contribution is -2.52. The highest BCUT2D eigenvalue weighted by Crippen LogP contribution is 2.40. The van der Waals surface area contributed by atoms with Gasteiger partial charge in [-0.05, 0) is 43.7 Å². The molecule has 6 nitrogen and oxygen atoms in total. The number of phenolic OH excluding ortho intramolecular Hbond substituents is 1. The molecule has 0 bridgehead atoms. The number of β-amino-alcohol motifs (C(OH)–C–C–N with tert-alkyl or cyclic N) is 1. The lowest BCUT2D eigenvalue weighted by atomic mass is 9.72. The number of hydrogen-bond donors (Lipinski definition) is 2. The number of aliphatic hydroxyl groups is 1. The minimum Gasteiger partial charge on any atom is -0.508 e. The van der Waals surface area contributed by atoms with Crippen molar-refractivity contribution in [3.8, 4) is 5.75 Å². The van der Waals surface area contributed by atoms with Gasteiger partial charge in [0.2, 0.25) is 5.91 Å². The third-order valence-electron chi connectivity index (χ3n) is 5.77. The van der Waals surface area contributed by atoms with E-state index < -0.39 is 0 Å². The quantitative estimate of drug-likeness (QED) is 0.870. The van der Waals surface area contributed by atoms with E-state index in [1.165, 1.54) is 0 Å². The van der Waals surface area contributed by atoms with Crippen molar-refractivity contribution >= 4 is 11.8 Å². The highest BCUT2D eigenvalue weighted by Gasteiger charge is 2.41. The first-order valence-corrected chi connectivity index (χ1v) is 8.92. The van der Waals surface area contributed by atoms with E-state index >= 15 is 0 Å². The van der Waals surface area contributed by atoms with Crippen molar-refractivity contribution < 1.29 is 19.8 Å². The van der Waals surface area contributed by atoms with Crippen LogP contribution in [0.15, 0.2) is 18.2 Å². The van der Waals surface area contributed by atoms with E-state index in [9.17, 15) is 14.7 Å². The van der Waals surface area contributed by atoms with Crippen LogP contribution < -0.4 is 0 Å². The van der Waals surface area contributed by atoms with Gasteiger partial charge in [-0.3, -0.25) is 9.59 Å². The maximum Gasteiger partial charge on any atom is 0.254 e. The summed E-state index contributed by atoms with van der Waals surface area (Å²) in [5.41, 5.74) is 1.23. The highest BCUT2D eigenvalue weighted by molar-refractivity contribution is 5.96. The van der Waals surface area contributed by atoms with Gasteiger partial charge >= 0.3 is 0 Å². The number of aliphatic hydroxyl groups excluding tert-OH is 1. The zero-order chi connectivity index (χ0) is 18.0. The first-order chi connectivity index (χ1) is 12.0. The predicted molar refractivity (Wildman–Crippen MR) is 93.3 cm³/mol. The third kappa shape index (κ3) is 3.49. The van der Waals surface area contributed by atoms with Crippen molar-refractivity contribution in [2.45, 2.75) is 32.6 Å². The molecular formula is C19H26N2O4. The molecule has 1 spiro atoms. The Morgan fingerprint density at radius 2 is 1.96 bits per heavy atom. The fraction of sp³-hybridized carbons (Fsp3) is 0.579. The number of hydrogen-bond acceptors (Lipinski definition) is 4. The van der Waals surface area contributed by atoms with Crippen LogP contribution in [0.2, 0.25) is 0 Å². The number of benzene rings is 1. The molecule has 2 saturated heterocycles. The van der Waals surface area contributed by atoms with E-state index in [1.807, 2.05) is 4.90 Å². The number of phenols is 1. The second-order valence-corrected chi connectivity index (χ2v) is 7.28. The van der Waals surface area contributed by atoms with E-state index in [0.717, 1.165) is 19.3 Å². The summed E-state index contributed by atoms with van der Waals surface area (Å²) in [5.74, 6) is 0.223. The molecule has 136 valence electrons. The Labute approximate surface area is 148 Å². The van der Waals surface area contributed by atoms with Gasteiger partial charge in [-0.1, -0.05) is 6.07 Å². The maximum atomic E-state index is 12.8. The Hall–Kier alpha value is -2.08. The number of carbonyl (C=O) groups excluding carboxylic acids is 2. The van der Waals surface area contributed by atoms with Crippen LogP contribution in [0.25, 0.3) is 0 Å². The van der Waals surface area contributed by atoms with E-state index in [-0.39, 0.29) is 29.6 Å². The zero-order valence-corrected chi connectivity index (χ0v) is 14.7. The molecule has 0 aliphatic carbocycles. The van der Waals surface area contributed by atoms with Gasteiger partial charge in [0.05, 0.1) is 6.61 Å². The molecule has 0 unspecified atom stereocenters. The molecule has 3 rings (SSSR count). The molecular weight excluding hydrogens is 320 g/mol. The normalized spacial score (nSPS) is 20.2. The molecule has 2 heterocycles. The summed E-state index contributed by atoms with van der Waals surface area (Å²) in [6.45, 7) is 4.15. The molecule has 25 heavy (non-hydrogen) atoms. The Balaban J connectivity index is 1.66. The lowest BCUT2D eigenvalue weighted by Gasteiger charge is -2.47. The first kappa shape index (κ1) is 17.7. The van der Waals surface area contributed by atoms with Crippen molar-refractivity contribution in [3.05, 3.63) is 29.3 Å². The van der Waals surface area contributed by atoms with Crippen LogP contribution in [0.5, 0.6) is 5.75 Å². The van der Waals surface area contributed by atoms with Crippen molar-refractivity contribution in [1.82, 2.24) is 9.80 Å². The van der Waals surface area contributed by atoms with Crippen LogP contribution in [0, 0.1) is 12.3 Å². The van der Waals surface area contributed by atoms with E-state index in [2.05, 4.69) is 0 Å². The summed E-state index contributed by atoms with van der Waals surface area (Å²) in [6, 6.07) is 5.04. The summed E-state index contributed by atoms with van der Waals surface area (Å²) >= 11 is 0. The number of carbonyl (C=O) groups is 2. The third-order valence-corrected chi connectivity index (χ3v) is 5.77. The molecule has 2 aliphatic heterocycles. The van der Waals surface area contributed by atoms with Crippen LogP contribution in [0.3, 0.4) is 0 Å². The summed E-state index contributed by atoms with van der Waals surface area (Å²) in [5, 5.41) is 19.0. The van der Waals surface area contributed by atoms with Gasteiger partial charge in [-0.2, -0.15) is 0 Å². The van der Waals surface area contributed by atoms with Gasteiger partial charge in [0.25, 0.3) is 5.91 Å². The average molecular weight is 346 g/mol. The van der Waals surface area contributed by atoms with Gasteiger partial charge in [0.1, 0.15) is 5.75 Å². The van der Waals surface area contributed by atoms with Crippen molar-refractivity contribution in [2.24, 2.45) is 5.41 Å². The Morgan fingerprint density at radius 3 is 2.64 bits per heavy atom. The zero-order valence-electron chi connectivity index (χ0n) is 14.7. The van der Waals surface area contributed by atoms with Gasteiger partial charge in [0, 0.05) is 43.7 Å². The fourth-order valence-electron chi connectivity index (χ4n) is 4.04. The largest absolute Gasteiger partial charge is 0.508 e. The molecule has 2 amide bonds. The lowest BCUT2D eigenvalue weighted by molar-refractivity contribution is -0.139. The van der Waals surface area contributed by atoms with Crippen LogP contribution in [-0.2, 0) is 4.79 Å². The van der Waals surface area contributed by atoms with Gasteiger partial charge in [-0.15, -0.1) is 0 Å². The van der Waals surface area contributed by atoms with Gasteiger partial charge in [-0.25, -0.2) is 0 Å². The molecule has 6 heteroatoms. The number of nitrogens with zero attached hydrogens (tertiary/aromatic N) is 2. The van der Waals surface area contributed by atoms with Gasteiger partial charge < -0.3 is 20.0 Å². The Bertz CT molecular complexity index is 665. The number of piperidine rings is 2. The van der Waals surface area contributed by atoms with Crippen molar-refractivity contribution in [3.63, 3.8) is 0 Å². The Kier molecular flexibility index (Phi) is 4.99. The van der Waals surface area contributed by atoms with Crippen molar-refractivity contribution in [1.29, 1.82) is 0 Å². The summed E-state index contributed by atoms with van der Waals surface area (Å²) in [4.78, 5) is 28.4. The summed E-state index contributed by atoms with van der Waals surface area (Å²) in [6.07, 6.45) is 3.12. The number of likely N-dealkylation sites (tertiary alicyclic amines) is 2. The topological polar surface area (TPSA) is 81.1 Å². The number of aromatic hydroxyl groups is 1. The minimum atomic E-state index is -0.0395. The maximum absolute atomic E-state index is 12.8. The van der Waals surface area contributed by atoms with Crippen LogP contribution in [-0.4, -0.2) is 64.6 Å². The van der Waals surface area contributed by atoms with E-state index in [0.29, 0.717) is 43.7 Å². The molecule has 0 aromatic heterocycles. The van der Waals surface area contributed by atoms with E-state index in [4.69, 9.17) is 5.11 Å². The average Bonchev–Trinajstić information content (AvgIpc) is 2.61. The second-order valence-electron chi connectivity index (χ2n) is 7.28. The van der Waals surface area contributed by atoms with Crippen molar-refractivity contribution in [2.75, 3.05) is 32.8 Å². The number of amides is 2. The molecule has 0 atom stereocenters. The summed E-state index contributed by atoms with van der Waals surface area (Å²) in [7, 11) is 0. The van der Waals surface area contributed by atoms with Crippen LogP contribution >= 0.6 is 0 Å². The number of rotatable bonds is 3. The Morgan fingerprint density at radius 1 is 1.24 bits per heavy atom. The molecule has 1 aromatic carbocycles. The monoisotopic (exact) mass is 346 g/mol. The van der Waals surface area contributed by atoms with Crippen LogP contribution in [0.1, 0.15) is 41.6 Å².